The van der Waals surface area contributed by atoms with Crippen molar-refractivity contribution in [1.29, 1.82) is 0 Å². The maximum Gasteiger partial charge on any atom is 0.335 e. The van der Waals surface area contributed by atoms with Crippen molar-refractivity contribution in [2.75, 3.05) is 12.0 Å². The number of nitrogens with zero attached hydrogens (tertiary/aromatic N) is 2. The van der Waals surface area contributed by atoms with Crippen molar-refractivity contribution >= 4 is 29.0 Å². The number of furan rings is 1. The summed E-state index contributed by atoms with van der Waals surface area (Å²) in [5.41, 5.74) is 2.75. The summed E-state index contributed by atoms with van der Waals surface area (Å²) in [4.78, 5) is 17.7. The Morgan fingerprint density at radius 2 is 1.82 bits per heavy atom. The van der Waals surface area contributed by atoms with E-state index in [1.54, 1.807) is 37.6 Å². The first-order valence-electron chi connectivity index (χ1n) is 10.6. The van der Waals surface area contributed by atoms with E-state index >= 15 is 0 Å². The molecule has 0 aliphatic carbocycles. The number of hydrogen-bond donors (Lipinski definition) is 2. The number of nitrogens with one attached hydrogen (secondary N) is 1. The third-order valence-electron chi connectivity index (χ3n) is 5.78. The maximum atomic E-state index is 11.2. The highest BCUT2D eigenvalue weighted by Gasteiger charge is 2.42. The van der Waals surface area contributed by atoms with Gasteiger partial charge < -0.3 is 24.5 Å². The summed E-state index contributed by atoms with van der Waals surface area (Å²) in [6.45, 7) is 0. The Morgan fingerprint density at radius 3 is 2.47 bits per heavy atom. The second-order valence-corrected chi connectivity index (χ2v) is 8.17. The largest absolute Gasteiger partial charge is 0.497 e. The van der Waals surface area contributed by atoms with Crippen molar-refractivity contribution in [2.24, 2.45) is 0 Å². The molecule has 1 aliphatic heterocycles. The van der Waals surface area contributed by atoms with Gasteiger partial charge in [-0.15, -0.1) is 0 Å². The highest BCUT2D eigenvalue weighted by atomic mass is 32.1. The van der Waals surface area contributed by atoms with Gasteiger partial charge in [0.25, 0.3) is 0 Å². The number of pyridine rings is 1. The third-order valence-corrected chi connectivity index (χ3v) is 6.10. The number of methoxy groups -OCH3 is 1. The molecule has 0 amide bonds. The third kappa shape index (κ3) is 3.99. The standard InChI is InChI=1S/C26H21N3O4S/c1-32-19-11-9-18(10-12-19)29-24(23(28-26(29)34)20-4-2-3-15-27-20)22-14-13-21(33-22)16-5-7-17(8-6-16)25(30)31/h2-15,23-24H,1H3,(H,28,34)(H,30,31)/t23-,24-/m1/s1. The molecule has 8 heteroatoms. The lowest BCUT2D eigenvalue weighted by Gasteiger charge is -2.26. The van der Waals surface area contributed by atoms with E-state index in [9.17, 15) is 4.79 Å². The predicted molar refractivity (Wildman–Crippen MR) is 132 cm³/mol. The van der Waals surface area contributed by atoms with Gasteiger partial charge in [-0.3, -0.25) is 4.98 Å². The smallest absolute Gasteiger partial charge is 0.335 e. The molecule has 0 bridgehead atoms. The van der Waals surface area contributed by atoms with Crippen LogP contribution in [-0.2, 0) is 0 Å². The number of hydrogen-bond acceptors (Lipinski definition) is 5. The van der Waals surface area contributed by atoms with Crippen LogP contribution in [0.1, 0.15) is 33.9 Å². The molecule has 170 valence electrons. The lowest BCUT2D eigenvalue weighted by Crippen LogP contribution is -2.29. The molecule has 4 aromatic rings. The van der Waals surface area contributed by atoms with Gasteiger partial charge in [0.05, 0.1) is 24.4 Å². The molecule has 1 fully saturated rings. The van der Waals surface area contributed by atoms with E-state index in [0.717, 1.165) is 22.7 Å². The topological polar surface area (TPSA) is 87.8 Å². The maximum absolute atomic E-state index is 11.2. The monoisotopic (exact) mass is 471 g/mol. The zero-order chi connectivity index (χ0) is 23.7. The number of carboxylic acids is 1. The van der Waals surface area contributed by atoms with E-state index in [4.69, 9.17) is 26.5 Å². The van der Waals surface area contributed by atoms with Crippen LogP contribution in [0, 0.1) is 0 Å². The van der Waals surface area contributed by atoms with E-state index in [-0.39, 0.29) is 17.6 Å². The Bertz CT molecular complexity index is 1320. The Balaban J connectivity index is 1.55. The molecule has 3 heterocycles. The summed E-state index contributed by atoms with van der Waals surface area (Å²) in [5.74, 6) is 1.13. The first-order chi connectivity index (χ1) is 16.5. The molecule has 0 spiro atoms. The molecule has 0 radical (unpaired) electrons. The van der Waals surface area contributed by atoms with E-state index in [2.05, 4.69) is 10.3 Å². The number of anilines is 1. The fourth-order valence-corrected chi connectivity index (χ4v) is 4.45. The summed E-state index contributed by atoms with van der Waals surface area (Å²) in [7, 11) is 1.63. The molecule has 5 rings (SSSR count). The highest BCUT2D eigenvalue weighted by Crippen LogP contribution is 2.43. The number of aromatic carboxylic acids is 1. The molecule has 34 heavy (non-hydrogen) atoms. The first-order valence-corrected chi connectivity index (χ1v) is 11.0. The van der Waals surface area contributed by atoms with Gasteiger partial charge in [0.1, 0.15) is 23.3 Å². The molecule has 0 saturated carbocycles. The zero-order valence-electron chi connectivity index (χ0n) is 18.2. The Kier molecular flexibility index (Phi) is 5.73. The minimum Gasteiger partial charge on any atom is -0.497 e. The molecular weight excluding hydrogens is 450 g/mol. The van der Waals surface area contributed by atoms with Crippen molar-refractivity contribution in [1.82, 2.24) is 10.3 Å². The normalized spacial score (nSPS) is 17.4. The van der Waals surface area contributed by atoms with Gasteiger partial charge in [-0.05, 0) is 72.9 Å². The molecule has 2 aromatic heterocycles. The molecule has 1 aliphatic rings. The molecule has 2 N–H and O–H groups in total. The van der Waals surface area contributed by atoms with Crippen LogP contribution >= 0.6 is 12.2 Å². The fraction of sp³-hybridized carbons (Fsp3) is 0.115. The number of carbonyl (C=O) groups is 1. The molecule has 1 saturated heterocycles. The van der Waals surface area contributed by atoms with Crippen molar-refractivity contribution < 1.29 is 19.1 Å². The molecule has 2 aromatic carbocycles. The van der Waals surface area contributed by atoms with Crippen LogP contribution in [-0.4, -0.2) is 28.3 Å². The first kappa shape index (κ1) is 21.7. The van der Waals surface area contributed by atoms with Crippen LogP contribution in [0.25, 0.3) is 11.3 Å². The second-order valence-electron chi connectivity index (χ2n) is 7.78. The van der Waals surface area contributed by atoms with Gasteiger partial charge in [0.2, 0.25) is 0 Å². The Labute approximate surface area is 201 Å². The van der Waals surface area contributed by atoms with E-state index in [1.807, 2.05) is 59.5 Å². The van der Waals surface area contributed by atoms with Gasteiger partial charge in [-0.1, -0.05) is 18.2 Å². The van der Waals surface area contributed by atoms with Crippen LogP contribution in [0.3, 0.4) is 0 Å². The van der Waals surface area contributed by atoms with Crippen LogP contribution in [0.4, 0.5) is 5.69 Å². The number of aromatic nitrogens is 1. The average Bonchev–Trinajstić information content (AvgIpc) is 3.49. The van der Waals surface area contributed by atoms with Gasteiger partial charge in [-0.25, -0.2) is 4.79 Å². The van der Waals surface area contributed by atoms with Crippen LogP contribution in [0.5, 0.6) is 5.75 Å². The Morgan fingerprint density at radius 1 is 1.06 bits per heavy atom. The van der Waals surface area contributed by atoms with Gasteiger partial charge in [0, 0.05) is 17.4 Å². The van der Waals surface area contributed by atoms with Crippen molar-refractivity contribution in [3.05, 3.63) is 102 Å². The average molecular weight is 472 g/mol. The second kappa shape index (κ2) is 8.99. The van der Waals surface area contributed by atoms with E-state index in [0.29, 0.717) is 16.6 Å². The highest BCUT2D eigenvalue weighted by molar-refractivity contribution is 7.80. The Hall–Kier alpha value is -4.17. The quantitative estimate of drug-likeness (QED) is 0.370. The number of thiocarbonyl (C=S) groups is 1. The van der Waals surface area contributed by atoms with Crippen molar-refractivity contribution in [3.63, 3.8) is 0 Å². The van der Waals surface area contributed by atoms with Crippen LogP contribution in [0.15, 0.2) is 89.5 Å². The summed E-state index contributed by atoms with van der Waals surface area (Å²) in [6.07, 6.45) is 1.75. The van der Waals surface area contributed by atoms with E-state index < -0.39 is 5.97 Å². The summed E-state index contributed by atoms with van der Waals surface area (Å²) < 4.78 is 11.6. The van der Waals surface area contributed by atoms with Crippen molar-refractivity contribution in [2.45, 2.75) is 12.1 Å². The van der Waals surface area contributed by atoms with E-state index in [1.165, 1.54) is 0 Å². The predicted octanol–water partition coefficient (Wildman–Crippen LogP) is 5.23. The fourth-order valence-electron chi connectivity index (χ4n) is 4.11. The minimum absolute atomic E-state index is 0.224. The summed E-state index contributed by atoms with van der Waals surface area (Å²) in [6, 6.07) is 23.3. The van der Waals surface area contributed by atoms with Crippen LogP contribution < -0.4 is 15.0 Å². The van der Waals surface area contributed by atoms with Gasteiger partial charge >= 0.3 is 5.97 Å². The molecule has 0 unspecified atom stereocenters. The zero-order valence-corrected chi connectivity index (χ0v) is 19.0. The van der Waals surface area contributed by atoms with Gasteiger partial charge in [0.15, 0.2) is 5.11 Å². The number of benzene rings is 2. The number of carboxylic acid groups (broad SMARTS) is 1. The van der Waals surface area contributed by atoms with Crippen LogP contribution in [0.2, 0.25) is 0 Å². The van der Waals surface area contributed by atoms with Crippen molar-refractivity contribution in [3.8, 4) is 17.1 Å². The molecule has 2 atom stereocenters. The SMILES string of the molecule is COc1ccc(N2C(=S)N[C@H](c3ccccn3)[C@H]2c2ccc(-c3ccc(C(=O)O)cc3)o2)cc1. The number of ether oxygens (including phenoxy) is 1. The summed E-state index contributed by atoms with van der Waals surface area (Å²) in [5, 5.41) is 13.1. The lowest BCUT2D eigenvalue weighted by molar-refractivity contribution is 0.0697. The molecular formula is C26H21N3O4S. The summed E-state index contributed by atoms with van der Waals surface area (Å²) >= 11 is 5.74. The van der Waals surface area contributed by atoms with Gasteiger partial charge in [-0.2, -0.15) is 0 Å². The minimum atomic E-state index is -0.967. The molecule has 7 nitrogen and oxygen atoms in total. The lowest BCUT2D eigenvalue weighted by atomic mass is 10.0. The number of rotatable bonds is 6.